The molecule has 1 aromatic heterocycles. The molecule has 0 spiro atoms. The molecule has 0 aliphatic heterocycles. The standard InChI is InChI=1S/C15H17ClN2O/c1-15(2,3)10-4-6-12(7-5-10)19-14-13(17)8-11(16)9-18-14/h4-9H,17H2,1-3H3. The van der Waals surface area contributed by atoms with Gasteiger partial charge in [0.2, 0.25) is 5.88 Å². The molecule has 4 heteroatoms. The number of ether oxygens (including phenoxy) is 1. The van der Waals surface area contributed by atoms with Crippen LogP contribution in [0.15, 0.2) is 36.5 Å². The van der Waals surface area contributed by atoms with Crippen molar-refractivity contribution in [2.75, 3.05) is 5.73 Å². The highest BCUT2D eigenvalue weighted by Crippen LogP contribution is 2.29. The lowest BCUT2D eigenvalue weighted by atomic mass is 9.87. The number of anilines is 1. The highest BCUT2D eigenvalue weighted by Gasteiger charge is 2.13. The summed E-state index contributed by atoms with van der Waals surface area (Å²) in [7, 11) is 0. The quantitative estimate of drug-likeness (QED) is 0.884. The number of halogens is 1. The van der Waals surface area contributed by atoms with Crippen LogP contribution < -0.4 is 10.5 Å². The van der Waals surface area contributed by atoms with Gasteiger partial charge in [0, 0.05) is 6.20 Å². The van der Waals surface area contributed by atoms with E-state index in [-0.39, 0.29) is 5.41 Å². The summed E-state index contributed by atoms with van der Waals surface area (Å²) < 4.78 is 5.64. The Kier molecular flexibility index (Phi) is 3.67. The predicted molar refractivity (Wildman–Crippen MR) is 78.9 cm³/mol. The molecule has 0 amide bonds. The molecular weight excluding hydrogens is 260 g/mol. The molecule has 100 valence electrons. The van der Waals surface area contributed by atoms with Crippen molar-refractivity contribution in [3.8, 4) is 11.6 Å². The summed E-state index contributed by atoms with van der Waals surface area (Å²) in [6, 6.07) is 9.53. The number of hydrogen-bond acceptors (Lipinski definition) is 3. The van der Waals surface area contributed by atoms with Crippen molar-refractivity contribution in [3.05, 3.63) is 47.1 Å². The molecule has 0 saturated carbocycles. The SMILES string of the molecule is CC(C)(C)c1ccc(Oc2ncc(Cl)cc2N)cc1. The highest BCUT2D eigenvalue weighted by atomic mass is 35.5. The second kappa shape index (κ2) is 5.10. The van der Waals surface area contributed by atoms with Crippen LogP contribution in [0.2, 0.25) is 5.02 Å². The van der Waals surface area contributed by atoms with Crippen molar-refractivity contribution in [2.45, 2.75) is 26.2 Å². The van der Waals surface area contributed by atoms with Crippen molar-refractivity contribution in [3.63, 3.8) is 0 Å². The first kappa shape index (κ1) is 13.7. The van der Waals surface area contributed by atoms with Gasteiger partial charge in [0.25, 0.3) is 0 Å². The van der Waals surface area contributed by atoms with E-state index in [1.807, 2.05) is 24.3 Å². The fourth-order valence-electron chi connectivity index (χ4n) is 1.66. The van der Waals surface area contributed by atoms with E-state index in [9.17, 15) is 0 Å². The van der Waals surface area contributed by atoms with Crippen molar-refractivity contribution >= 4 is 17.3 Å². The van der Waals surface area contributed by atoms with Crippen LogP contribution in [0.1, 0.15) is 26.3 Å². The lowest BCUT2D eigenvalue weighted by molar-refractivity contribution is 0.464. The predicted octanol–water partition coefficient (Wildman–Crippen LogP) is 4.41. The van der Waals surface area contributed by atoms with Crippen LogP contribution in [-0.2, 0) is 5.41 Å². The van der Waals surface area contributed by atoms with E-state index in [4.69, 9.17) is 22.1 Å². The smallest absolute Gasteiger partial charge is 0.242 e. The van der Waals surface area contributed by atoms with Crippen molar-refractivity contribution in [2.24, 2.45) is 0 Å². The van der Waals surface area contributed by atoms with Crippen LogP contribution in [0.25, 0.3) is 0 Å². The number of benzene rings is 1. The molecule has 19 heavy (non-hydrogen) atoms. The zero-order valence-corrected chi connectivity index (χ0v) is 12.0. The zero-order chi connectivity index (χ0) is 14.0. The third-order valence-electron chi connectivity index (χ3n) is 2.78. The Hall–Kier alpha value is -1.74. The van der Waals surface area contributed by atoms with Gasteiger partial charge in [-0.15, -0.1) is 0 Å². The molecule has 0 atom stereocenters. The Bertz CT molecular complexity index is 574. The fourth-order valence-corrected chi connectivity index (χ4v) is 1.83. The molecule has 2 rings (SSSR count). The first-order valence-electron chi connectivity index (χ1n) is 6.06. The van der Waals surface area contributed by atoms with E-state index >= 15 is 0 Å². The molecule has 0 radical (unpaired) electrons. The van der Waals surface area contributed by atoms with Crippen LogP contribution in [-0.4, -0.2) is 4.98 Å². The number of nitrogens with zero attached hydrogens (tertiary/aromatic N) is 1. The average molecular weight is 277 g/mol. The first-order valence-corrected chi connectivity index (χ1v) is 6.43. The Morgan fingerprint density at radius 2 is 1.79 bits per heavy atom. The average Bonchev–Trinajstić information content (AvgIpc) is 2.32. The summed E-state index contributed by atoms with van der Waals surface area (Å²) in [6.45, 7) is 6.50. The Morgan fingerprint density at radius 1 is 1.16 bits per heavy atom. The fraction of sp³-hybridized carbons (Fsp3) is 0.267. The molecule has 2 N–H and O–H groups in total. The monoisotopic (exact) mass is 276 g/mol. The van der Waals surface area contributed by atoms with Crippen LogP contribution in [0.5, 0.6) is 11.6 Å². The van der Waals surface area contributed by atoms with E-state index < -0.39 is 0 Å². The molecule has 1 heterocycles. The molecule has 2 aromatic rings. The summed E-state index contributed by atoms with van der Waals surface area (Å²) in [4.78, 5) is 4.07. The van der Waals surface area contributed by atoms with E-state index in [2.05, 4.69) is 25.8 Å². The van der Waals surface area contributed by atoms with E-state index in [0.717, 1.165) is 0 Å². The molecule has 0 aliphatic rings. The van der Waals surface area contributed by atoms with Gasteiger partial charge < -0.3 is 10.5 Å². The lowest BCUT2D eigenvalue weighted by Gasteiger charge is -2.19. The number of nitrogen functional groups attached to an aromatic ring is 1. The van der Waals surface area contributed by atoms with Crippen molar-refractivity contribution < 1.29 is 4.74 Å². The van der Waals surface area contributed by atoms with Gasteiger partial charge in [-0.3, -0.25) is 0 Å². The topological polar surface area (TPSA) is 48.1 Å². The third kappa shape index (κ3) is 3.38. The van der Waals surface area contributed by atoms with E-state index in [0.29, 0.717) is 22.3 Å². The molecule has 1 aromatic carbocycles. The van der Waals surface area contributed by atoms with Gasteiger partial charge in [-0.1, -0.05) is 44.5 Å². The summed E-state index contributed by atoms with van der Waals surface area (Å²) >= 11 is 5.79. The summed E-state index contributed by atoms with van der Waals surface area (Å²) in [5.74, 6) is 1.07. The maximum absolute atomic E-state index is 5.80. The minimum atomic E-state index is 0.121. The lowest BCUT2D eigenvalue weighted by Crippen LogP contribution is -2.10. The minimum Gasteiger partial charge on any atom is -0.437 e. The Balaban J connectivity index is 2.20. The zero-order valence-electron chi connectivity index (χ0n) is 11.3. The maximum atomic E-state index is 5.80. The summed E-state index contributed by atoms with van der Waals surface area (Å²) in [6.07, 6.45) is 1.51. The molecule has 0 saturated heterocycles. The van der Waals surface area contributed by atoms with Crippen LogP contribution in [0.4, 0.5) is 5.69 Å². The molecule has 0 bridgehead atoms. The second-order valence-electron chi connectivity index (χ2n) is 5.42. The third-order valence-corrected chi connectivity index (χ3v) is 2.99. The van der Waals surface area contributed by atoms with Gasteiger partial charge in [0.1, 0.15) is 5.75 Å². The molecule has 3 nitrogen and oxygen atoms in total. The van der Waals surface area contributed by atoms with E-state index in [1.54, 1.807) is 6.07 Å². The highest BCUT2D eigenvalue weighted by molar-refractivity contribution is 6.30. The second-order valence-corrected chi connectivity index (χ2v) is 5.86. The summed E-state index contributed by atoms with van der Waals surface area (Å²) in [5.41, 5.74) is 7.59. The van der Waals surface area contributed by atoms with Crippen molar-refractivity contribution in [1.82, 2.24) is 4.98 Å². The molecule has 0 unspecified atom stereocenters. The molecular formula is C15H17ClN2O. The normalized spacial score (nSPS) is 11.4. The Labute approximate surface area is 118 Å². The number of hydrogen-bond donors (Lipinski definition) is 1. The van der Waals surface area contributed by atoms with Gasteiger partial charge >= 0.3 is 0 Å². The van der Waals surface area contributed by atoms with Crippen molar-refractivity contribution in [1.29, 1.82) is 0 Å². The number of aromatic nitrogens is 1. The molecule has 0 fully saturated rings. The van der Waals surface area contributed by atoms with Gasteiger partial charge in [-0.25, -0.2) is 4.98 Å². The van der Waals surface area contributed by atoms with E-state index in [1.165, 1.54) is 11.8 Å². The number of pyridine rings is 1. The van der Waals surface area contributed by atoms with Gasteiger partial charge in [-0.2, -0.15) is 0 Å². The minimum absolute atomic E-state index is 0.121. The largest absolute Gasteiger partial charge is 0.437 e. The van der Waals surface area contributed by atoms with Crippen LogP contribution in [0, 0.1) is 0 Å². The number of nitrogens with two attached hydrogens (primary N) is 1. The Morgan fingerprint density at radius 3 is 2.32 bits per heavy atom. The van der Waals surface area contributed by atoms with Gasteiger partial charge in [0.05, 0.1) is 10.7 Å². The van der Waals surface area contributed by atoms with Crippen LogP contribution in [0.3, 0.4) is 0 Å². The summed E-state index contributed by atoms with van der Waals surface area (Å²) in [5, 5.41) is 0.493. The number of rotatable bonds is 2. The van der Waals surface area contributed by atoms with Gasteiger partial charge in [-0.05, 0) is 29.2 Å². The van der Waals surface area contributed by atoms with Crippen LogP contribution >= 0.6 is 11.6 Å². The maximum Gasteiger partial charge on any atom is 0.242 e. The first-order chi connectivity index (χ1) is 8.86. The molecule has 0 aliphatic carbocycles. The van der Waals surface area contributed by atoms with Gasteiger partial charge in [0.15, 0.2) is 0 Å².